The van der Waals surface area contributed by atoms with Crippen LogP contribution in [-0.2, 0) is 11.3 Å². The van der Waals surface area contributed by atoms with E-state index in [4.69, 9.17) is 5.11 Å². The van der Waals surface area contributed by atoms with Crippen LogP contribution in [0.3, 0.4) is 0 Å². The number of amides is 1. The second kappa shape index (κ2) is 5.34. The molecule has 1 aromatic heterocycles. The molecule has 0 atom stereocenters. The van der Waals surface area contributed by atoms with Crippen LogP contribution in [0.2, 0.25) is 0 Å². The topological polar surface area (TPSA) is 62.5 Å². The lowest BCUT2D eigenvalue weighted by atomic mass is 10.4. The molecule has 1 N–H and O–H groups in total. The number of aromatic nitrogens is 1. The Labute approximate surface area is 94.3 Å². The second-order valence-electron chi connectivity index (χ2n) is 3.39. The standard InChI is InChI=1S/C11H16N2O3/c1-3-12(4-2)10(14)8-13-7-5-6-9(13)11(15)16/h5-7H,3-4,8H2,1-2H3,(H,15,16). The predicted octanol–water partition coefficient (Wildman–Crippen LogP) is 1.05. The van der Waals surface area contributed by atoms with Crippen LogP contribution in [-0.4, -0.2) is 39.5 Å². The first-order valence-electron chi connectivity index (χ1n) is 5.26. The summed E-state index contributed by atoms with van der Waals surface area (Å²) in [5.74, 6) is -1.08. The van der Waals surface area contributed by atoms with Gasteiger partial charge in [0.25, 0.3) is 0 Å². The lowest BCUT2D eigenvalue weighted by Gasteiger charge is -2.19. The van der Waals surface area contributed by atoms with Gasteiger partial charge in [0.15, 0.2) is 0 Å². The number of likely N-dealkylation sites (N-methyl/N-ethyl adjacent to an activating group) is 1. The molecule has 5 heteroatoms. The van der Waals surface area contributed by atoms with Gasteiger partial charge in [-0.2, -0.15) is 0 Å². The van der Waals surface area contributed by atoms with Gasteiger partial charge >= 0.3 is 5.97 Å². The summed E-state index contributed by atoms with van der Waals surface area (Å²) < 4.78 is 1.45. The Kier molecular flexibility index (Phi) is 4.10. The minimum absolute atomic E-state index is 0.0660. The van der Waals surface area contributed by atoms with Gasteiger partial charge in [-0.1, -0.05) is 0 Å². The molecule has 1 aromatic rings. The molecule has 0 spiro atoms. The average molecular weight is 224 g/mol. The highest BCUT2D eigenvalue weighted by Crippen LogP contribution is 2.03. The fraction of sp³-hybridized carbons (Fsp3) is 0.455. The number of carboxylic acid groups (broad SMARTS) is 1. The van der Waals surface area contributed by atoms with Crippen molar-refractivity contribution in [2.75, 3.05) is 13.1 Å². The number of rotatable bonds is 5. The number of nitrogens with zero attached hydrogens (tertiary/aromatic N) is 2. The van der Waals surface area contributed by atoms with Gasteiger partial charge in [-0.25, -0.2) is 4.79 Å². The number of carbonyl (C=O) groups is 2. The Balaban J connectivity index is 2.76. The number of aromatic carboxylic acids is 1. The third kappa shape index (κ3) is 2.62. The molecule has 0 fully saturated rings. The van der Waals surface area contributed by atoms with Gasteiger partial charge in [0.05, 0.1) is 0 Å². The van der Waals surface area contributed by atoms with E-state index in [1.165, 1.54) is 10.6 Å². The van der Waals surface area contributed by atoms with Gasteiger partial charge in [-0.3, -0.25) is 4.79 Å². The first-order valence-corrected chi connectivity index (χ1v) is 5.26. The van der Waals surface area contributed by atoms with Crippen LogP contribution in [0.15, 0.2) is 18.3 Å². The monoisotopic (exact) mass is 224 g/mol. The van der Waals surface area contributed by atoms with Crippen LogP contribution in [0.1, 0.15) is 24.3 Å². The van der Waals surface area contributed by atoms with Crippen LogP contribution < -0.4 is 0 Å². The molecule has 88 valence electrons. The number of carboxylic acids is 1. The first-order chi connectivity index (χ1) is 7.60. The highest BCUT2D eigenvalue weighted by Gasteiger charge is 2.14. The smallest absolute Gasteiger partial charge is 0.352 e. The van der Waals surface area contributed by atoms with Crippen LogP contribution in [0.5, 0.6) is 0 Å². The molecule has 0 radical (unpaired) electrons. The molecule has 1 rings (SSSR count). The second-order valence-corrected chi connectivity index (χ2v) is 3.39. The predicted molar refractivity (Wildman–Crippen MR) is 59.3 cm³/mol. The lowest BCUT2D eigenvalue weighted by molar-refractivity contribution is -0.131. The van der Waals surface area contributed by atoms with E-state index in [-0.39, 0.29) is 18.1 Å². The van der Waals surface area contributed by atoms with Crippen molar-refractivity contribution >= 4 is 11.9 Å². The maximum absolute atomic E-state index is 11.8. The summed E-state index contributed by atoms with van der Waals surface area (Å²) in [6, 6.07) is 3.11. The Bertz CT molecular complexity index is 380. The fourth-order valence-corrected chi connectivity index (χ4v) is 1.57. The Morgan fingerprint density at radius 2 is 2.00 bits per heavy atom. The summed E-state index contributed by atoms with van der Waals surface area (Å²) >= 11 is 0. The van der Waals surface area contributed by atoms with E-state index >= 15 is 0 Å². The maximum Gasteiger partial charge on any atom is 0.352 e. The molecule has 5 nitrogen and oxygen atoms in total. The van der Waals surface area contributed by atoms with Gasteiger partial charge in [-0.05, 0) is 26.0 Å². The quantitative estimate of drug-likeness (QED) is 0.813. The van der Waals surface area contributed by atoms with Gasteiger partial charge < -0.3 is 14.6 Å². The van der Waals surface area contributed by atoms with Crippen LogP contribution >= 0.6 is 0 Å². The molecule has 0 unspecified atom stereocenters. The number of carbonyl (C=O) groups excluding carboxylic acids is 1. The summed E-state index contributed by atoms with van der Waals surface area (Å²) in [6.07, 6.45) is 1.60. The van der Waals surface area contributed by atoms with Crippen molar-refractivity contribution in [3.8, 4) is 0 Å². The molecule has 0 saturated heterocycles. The van der Waals surface area contributed by atoms with E-state index < -0.39 is 5.97 Å². The molecular formula is C11H16N2O3. The fourth-order valence-electron chi connectivity index (χ4n) is 1.57. The largest absolute Gasteiger partial charge is 0.477 e. The van der Waals surface area contributed by atoms with Crippen LogP contribution in [0.25, 0.3) is 0 Å². The lowest BCUT2D eigenvalue weighted by Crippen LogP contribution is -2.33. The van der Waals surface area contributed by atoms with E-state index in [1.54, 1.807) is 17.2 Å². The van der Waals surface area contributed by atoms with E-state index in [1.807, 2.05) is 13.8 Å². The van der Waals surface area contributed by atoms with E-state index in [9.17, 15) is 9.59 Å². The molecule has 0 aromatic carbocycles. The van der Waals surface area contributed by atoms with Crippen LogP contribution in [0.4, 0.5) is 0 Å². The van der Waals surface area contributed by atoms with Crippen molar-refractivity contribution < 1.29 is 14.7 Å². The minimum atomic E-state index is -1.02. The van der Waals surface area contributed by atoms with Crippen LogP contribution in [0, 0.1) is 0 Å². The van der Waals surface area contributed by atoms with E-state index in [0.717, 1.165) is 0 Å². The Morgan fingerprint density at radius 1 is 1.38 bits per heavy atom. The summed E-state index contributed by atoms with van der Waals surface area (Å²) in [5.41, 5.74) is 0.139. The first kappa shape index (κ1) is 12.3. The van der Waals surface area contributed by atoms with Crippen molar-refractivity contribution in [1.29, 1.82) is 0 Å². The molecule has 1 amide bonds. The normalized spacial score (nSPS) is 10.1. The molecule has 0 bridgehead atoms. The highest BCUT2D eigenvalue weighted by molar-refractivity contribution is 5.86. The number of hydrogen-bond donors (Lipinski definition) is 1. The minimum Gasteiger partial charge on any atom is -0.477 e. The molecule has 0 aliphatic rings. The van der Waals surface area contributed by atoms with Gasteiger partial charge in [0.2, 0.25) is 5.91 Å². The third-order valence-electron chi connectivity index (χ3n) is 2.47. The zero-order chi connectivity index (χ0) is 12.1. The van der Waals surface area contributed by atoms with E-state index in [0.29, 0.717) is 13.1 Å². The zero-order valence-electron chi connectivity index (χ0n) is 9.51. The maximum atomic E-state index is 11.8. The summed E-state index contributed by atoms with van der Waals surface area (Å²) in [7, 11) is 0. The number of hydrogen-bond acceptors (Lipinski definition) is 2. The van der Waals surface area contributed by atoms with Crippen molar-refractivity contribution in [1.82, 2.24) is 9.47 Å². The molecular weight excluding hydrogens is 208 g/mol. The van der Waals surface area contributed by atoms with Gasteiger partial charge in [-0.15, -0.1) is 0 Å². The van der Waals surface area contributed by atoms with Crippen molar-refractivity contribution in [2.45, 2.75) is 20.4 Å². The molecule has 0 saturated carbocycles. The average Bonchev–Trinajstić information content (AvgIpc) is 2.67. The van der Waals surface area contributed by atoms with Crippen molar-refractivity contribution in [3.63, 3.8) is 0 Å². The van der Waals surface area contributed by atoms with Gasteiger partial charge in [0, 0.05) is 19.3 Å². The summed E-state index contributed by atoms with van der Waals surface area (Å²) in [5, 5.41) is 8.87. The van der Waals surface area contributed by atoms with E-state index in [2.05, 4.69) is 0 Å². The molecule has 1 heterocycles. The molecule has 16 heavy (non-hydrogen) atoms. The zero-order valence-corrected chi connectivity index (χ0v) is 9.51. The van der Waals surface area contributed by atoms with Crippen molar-refractivity contribution in [2.24, 2.45) is 0 Å². The highest BCUT2D eigenvalue weighted by atomic mass is 16.4. The SMILES string of the molecule is CCN(CC)C(=O)Cn1cccc1C(=O)O. The Morgan fingerprint density at radius 3 is 2.50 bits per heavy atom. The third-order valence-corrected chi connectivity index (χ3v) is 2.47. The van der Waals surface area contributed by atoms with Gasteiger partial charge in [0.1, 0.15) is 12.2 Å². The molecule has 0 aliphatic carbocycles. The molecule has 0 aliphatic heterocycles. The summed E-state index contributed by atoms with van der Waals surface area (Å²) in [6.45, 7) is 5.15. The Hall–Kier alpha value is -1.78. The summed E-state index contributed by atoms with van der Waals surface area (Å²) in [4.78, 5) is 24.3. The van der Waals surface area contributed by atoms with Crippen molar-refractivity contribution in [3.05, 3.63) is 24.0 Å².